The molecule has 0 aromatic carbocycles. The molecule has 1 saturated heterocycles. The Labute approximate surface area is 200 Å². The SMILES string of the molecule is CC(C)[C@]1(C(=O)N2CCc3ncc(C(F)(F)F)cc3C2)CC[C@@H](N[C@H]2CCOC[C@@H]2C(F)(F)F)C1. The number of nitrogens with one attached hydrogen (secondary N) is 1. The van der Waals surface area contributed by atoms with Crippen LogP contribution in [-0.2, 0) is 28.7 Å². The quantitative estimate of drug-likeness (QED) is 0.599. The third kappa shape index (κ3) is 5.30. The van der Waals surface area contributed by atoms with Gasteiger partial charge in [-0.05, 0) is 43.2 Å². The van der Waals surface area contributed by atoms with E-state index < -0.39 is 35.3 Å². The van der Waals surface area contributed by atoms with Gasteiger partial charge in [-0.15, -0.1) is 0 Å². The van der Waals surface area contributed by atoms with Crippen molar-refractivity contribution in [3.05, 3.63) is 29.1 Å². The Morgan fingerprint density at radius 2 is 1.97 bits per heavy atom. The Morgan fingerprint density at radius 3 is 2.63 bits per heavy atom. The van der Waals surface area contributed by atoms with Crippen molar-refractivity contribution in [3.63, 3.8) is 0 Å². The second kappa shape index (κ2) is 9.53. The molecule has 0 bridgehead atoms. The summed E-state index contributed by atoms with van der Waals surface area (Å²) in [6.07, 6.45) is -5.96. The molecule has 2 fully saturated rings. The normalized spacial score (nSPS) is 30.0. The molecule has 1 aromatic heterocycles. The number of fused-ring (bicyclic) bond motifs is 1. The number of alkyl halides is 6. The second-order valence-electron chi connectivity index (χ2n) is 10.3. The van der Waals surface area contributed by atoms with Gasteiger partial charge in [0.25, 0.3) is 0 Å². The molecule has 11 heteroatoms. The van der Waals surface area contributed by atoms with Crippen LogP contribution < -0.4 is 5.32 Å². The van der Waals surface area contributed by atoms with Crippen LogP contribution in [0.1, 0.15) is 56.4 Å². The molecule has 1 saturated carbocycles. The highest BCUT2D eigenvalue weighted by atomic mass is 19.4. The molecule has 4 rings (SSSR count). The van der Waals surface area contributed by atoms with Gasteiger partial charge in [-0.3, -0.25) is 9.78 Å². The first-order valence-electron chi connectivity index (χ1n) is 12.1. The van der Waals surface area contributed by atoms with Crippen molar-refractivity contribution in [1.29, 1.82) is 0 Å². The van der Waals surface area contributed by atoms with Crippen molar-refractivity contribution in [2.24, 2.45) is 17.3 Å². The average molecular weight is 508 g/mol. The molecule has 2 aliphatic heterocycles. The highest BCUT2D eigenvalue weighted by molar-refractivity contribution is 5.83. The minimum Gasteiger partial charge on any atom is -0.381 e. The number of carbonyl (C=O) groups excluding carboxylic acids is 1. The van der Waals surface area contributed by atoms with Crippen LogP contribution in [0.3, 0.4) is 0 Å². The molecule has 35 heavy (non-hydrogen) atoms. The van der Waals surface area contributed by atoms with Gasteiger partial charge in [0.1, 0.15) is 0 Å². The van der Waals surface area contributed by atoms with E-state index in [9.17, 15) is 31.1 Å². The summed E-state index contributed by atoms with van der Waals surface area (Å²) in [5.74, 6) is -1.80. The first-order valence-corrected chi connectivity index (χ1v) is 12.1. The molecule has 1 N–H and O–H groups in total. The predicted octanol–water partition coefficient (Wildman–Crippen LogP) is 4.74. The van der Waals surface area contributed by atoms with E-state index in [1.54, 1.807) is 4.90 Å². The number of hydrogen-bond donors (Lipinski definition) is 1. The van der Waals surface area contributed by atoms with Crippen molar-refractivity contribution in [1.82, 2.24) is 15.2 Å². The fourth-order valence-electron chi connectivity index (χ4n) is 5.82. The summed E-state index contributed by atoms with van der Waals surface area (Å²) in [6.45, 7) is 4.14. The van der Waals surface area contributed by atoms with Crippen molar-refractivity contribution in [2.75, 3.05) is 19.8 Å². The van der Waals surface area contributed by atoms with Gasteiger partial charge in [-0.1, -0.05) is 13.8 Å². The third-order valence-corrected chi connectivity index (χ3v) is 7.96. The summed E-state index contributed by atoms with van der Waals surface area (Å²) < 4.78 is 85.0. The maximum absolute atomic E-state index is 13.8. The summed E-state index contributed by atoms with van der Waals surface area (Å²) >= 11 is 0. The largest absolute Gasteiger partial charge is 0.417 e. The molecule has 1 aromatic rings. The molecule has 3 aliphatic rings. The van der Waals surface area contributed by atoms with Gasteiger partial charge in [-0.25, -0.2) is 0 Å². The molecule has 3 heterocycles. The van der Waals surface area contributed by atoms with E-state index in [1.165, 1.54) is 0 Å². The zero-order valence-electron chi connectivity index (χ0n) is 19.8. The molecule has 196 valence electrons. The van der Waals surface area contributed by atoms with Crippen LogP contribution in [-0.4, -0.2) is 53.8 Å². The van der Waals surface area contributed by atoms with Gasteiger partial charge in [0, 0.05) is 50.1 Å². The van der Waals surface area contributed by atoms with E-state index in [0.717, 1.165) is 12.3 Å². The van der Waals surface area contributed by atoms with Crippen molar-refractivity contribution < 1.29 is 35.9 Å². The fourth-order valence-corrected chi connectivity index (χ4v) is 5.82. The van der Waals surface area contributed by atoms with Gasteiger partial charge in [0.15, 0.2) is 0 Å². The number of amides is 1. The van der Waals surface area contributed by atoms with Gasteiger partial charge in [-0.2, -0.15) is 26.3 Å². The van der Waals surface area contributed by atoms with Crippen LogP contribution >= 0.6 is 0 Å². The molecule has 0 unspecified atom stereocenters. The lowest BCUT2D eigenvalue weighted by atomic mass is 9.74. The molecule has 0 radical (unpaired) electrons. The number of aromatic nitrogens is 1. The molecule has 5 nitrogen and oxygen atoms in total. The van der Waals surface area contributed by atoms with Crippen LogP contribution in [0.25, 0.3) is 0 Å². The summed E-state index contributed by atoms with van der Waals surface area (Å²) in [6, 6.07) is 0.0519. The Balaban J connectivity index is 1.48. The van der Waals surface area contributed by atoms with Gasteiger partial charge >= 0.3 is 12.4 Å². The fraction of sp³-hybridized carbons (Fsp3) is 0.750. The molecule has 4 atom stereocenters. The summed E-state index contributed by atoms with van der Waals surface area (Å²) in [7, 11) is 0. The van der Waals surface area contributed by atoms with Crippen LogP contribution in [0.4, 0.5) is 26.3 Å². The third-order valence-electron chi connectivity index (χ3n) is 7.96. The lowest BCUT2D eigenvalue weighted by Crippen LogP contribution is -2.53. The van der Waals surface area contributed by atoms with E-state index in [2.05, 4.69) is 10.3 Å². The van der Waals surface area contributed by atoms with E-state index in [0.29, 0.717) is 43.5 Å². The standard InChI is InChI=1S/C24H31F6N3O2/c1-14(2)22(6-3-17(10-22)32-20-5-8-35-13-18(20)24(28,29)30)21(34)33-7-4-19-15(12-33)9-16(11-31-19)23(25,26)27/h9,11,14,17-18,20,32H,3-8,10,12-13H2,1-2H3/t17-,18+,20+,22+/m1/s1. The van der Waals surface area contributed by atoms with Crippen LogP contribution in [0.2, 0.25) is 0 Å². The second-order valence-corrected chi connectivity index (χ2v) is 10.3. The number of carbonyl (C=O) groups is 1. The minimum absolute atomic E-state index is 0.0494. The number of rotatable bonds is 4. The van der Waals surface area contributed by atoms with E-state index in [-0.39, 0.29) is 44.0 Å². The van der Waals surface area contributed by atoms with Gasteiger partial charge < -0.3 is 15.0 Å². The van der Waals surface area contributed by atoms with Crippen molar-refractivity contribution in [2.45, 2.75) is 76.9 Å². The highest BCUT2D eigenvalue weighted by Crippen LogP contribution is 2.47. The monoisotopic (exact) mass is 507 g/mol. The summed E-state index contributed by atoms with van der Waals surface area (Å²) in [5.41, 5.74) is -0.668. The van der Waals surface area contributed by atoms with Crippen molar-refractivity contribution in [3.8, 4) is 0 Å². The molecule has 1 aliphatic carbocycles. The Hall–Kier alpha value is -1.88. The first kappa shape index (κ1) is 26.2. The zero-order valence-corrected chi connectivity index (χ0v) is 19.8. The lowest BCUT2D eigenvalue weighted by Gasteiger charge is -2.40. The van der Waals surface area contributed by atoms with Gasteiger partial charge in [0.2, 0.25) is 5.91 Å². The molecule has 0 spiro atoms. The number of pyridine rings is 1. The maximum atomic E-state index is 13.8. The van der Waals surface area contributed by atoms with Crippen molar-refractivity contribution >= 4 is 5.91 Å². The molecular weight excluding hydrogens is 476 g/mol. The number of halogens is 6. The predicted molar refractivity (Wildman–Crippen MR) is 115 cm³/mol. The summed E-state index contributed by atoms with van der Waals surface area (Å²) in [4.78, 5) is 19.3. The lowest BCUT2D eigenvalue weighted by molar-refractivity contribution is -0.208. The van der Waals surface area contributed by atoms with E-state index in [4.69, 9.17) is 4.74 Å². The van der Waals surface area contributed by atoms with Crippen LogP contribution in [0.15, 0.2) is 12.3 Å². The maximum Gasteiger partial charge on any atom is 0.417 e. The zero-order chi connectivity index (χ0) is 25.6. The topological polar surface area (TPSA) is 54.5 Å². The Kier molecular flexibility index (Phi) is 7.13. The Morgan fingerprint density at radius 1 is 1.23 bits per heavy atom. The number of nitrogens with zero attached hydrogens (tertiary/aromatic N) is 2. The van der Waals surface area contributed by atoms with E-state index in [1.807, 2.05) is 13.8 Å². The molecular formula is C24H31F6N3O2. The highest BCUT2D eigenvalue weighted by Gasteiger charge is 2.52. The number of ether oxygens (including phenoxy) is 1. The number of hydrogen-bond acceptors (Lipinski definition) is 4. The average Bonchev–Trinajstić information content (AvgIpc) is 3.22. The van der Waals surface area contributed by atoms with Crippen LogP contribution in [0.5, 0.6) is 0 Å². The van der Waals surface area contributed by atoms with E-state index >= 15 is 0 Å². The minimum atomic E-state index is -4.52. The van der Waals surface area contributed by atoms with Crippen LogP contribution in [0, 0.1) is 17.3 Å². The first-order chi connectivity index (χ1) is 16.3. The van der Waals surface area contributed by atoms with Gasteiger partial charge in [0.05, 0.1) is 23.5 Å². The Bertz CT molecular complexity index is 935. The smallest absolute Gasteiger partial charge is 0.381 e. The summed E-state index contributed by atoms with van der Waals surface area (Å²) in [5, 5.41) is 3.18. The molecule has 1 amide bonds.